The summed E-state index contributed by atoms with van der Waals surface area (Å²) in [5, 5.41) is 9.38. The van der Waals surface area contributed by atoms with Crippen molar-refractivity contribution in [1.29, 1.82) is 0 Å². The first-order valence-corrected chi connectivity index (χ1v) is 7.30. The molecule has 108 valence electrons. The Hall–Kier alpha value is -1.10. The summed E-state index contributed by atoms with van der Waals surface area (Å²) in [6, 6.07) is 0.00656. The molecule has 1 atom stereocenters. The lowest BCUT2D eigenvalue weighted by Gasteiger charge is -2.39. The molecular formula is C14H24N2O3. The second-order valence-corrected chi connectivity index (χ2v) is 5.64. The van der Waals surface area contributed by atoms with Crippen LogP contribution in [0.4, 0.5) is 0 Å². The Labute approximate surface area is 114 Å². The zero-order chi connectivity index (χ0) is 13.8. The number of rotatable bonds is 2. The van der Waals surface area contributed by atoms with E-state index in [0.29, 0.717) is 13.1 Å². The van der Waals surface area contributed by atoms with Crippen molar-refractivity contribution in [2.24, 2.45) is 5.92 Å². The average Bonchev–Trinajstić information content (AvgIpc) is 2.46. The molecule has 1 unspecified atom stereocenters. The highest BCUT2D eigenvalue weighted by molar-refractivity contribution is 5.80. The molecular weight excluding hydrogens is 244 g/mol. The Kier molecular flexibility index (Phi) is 4.80. The van der Waals surface area contributed by atoms with E-state index in [9.17, 15) is 14.7 Å². The molecule has 5 heteroatoms. The van der Waals surface area contributed by atoms with Gasteiger partial charge in [0.25, 0.3) is 0 Å². The molecule has 2 rings (SSSR count). The maximum Gasteiger partial charge on any atom is 0.226 e. The summed E-state index contributed by atoms with van der Waals surface area (Å²) in [6.45, 7) is 3.79. The van der Waals surface area contributed by atoms with Gasteiger partial charge in [0.1, 0.15) is 0 Å². The van der Waals surface area contributed by atoms with E-state index in [0.717, 1.165) is 38.6 Å². The Morgan fingerprint density at radius 2 is 1.79 bits per heavy atom. The van der Waals surface area contributed by atoms with Gasteiger partial charge < -0.3 is 14.9 Å². The largest absolute Gasteiger partial charge is 0.394 e. The lowest BCUT2D eigenvalue weighted by Crippen LogP contribution is -2.50. The average molecular weight is 268 g/mol. The fraction of sp³-hybridized carbons (Fsp3) is 0.857. The zero-order valence-electron chi connectivity index (χ0n) is 11.7. The molecule has 0 aromatic carbocycles. The fourth-order valence-electron chi connectivity index (χ4n) is 3.16. The van der Waals surface area contributed by atoms with E-state index in [1.807, 2.05) is 9.80 Å². The number of hydrogen-bond acceptors (Lipinski definition) is 3. The van der Waals surface area contributed by atoms with Crippen LogP contribution in [-0.4, -0.2) is 59.0 Å². The lowest BCUT2D eigenvalue weighted by atomic mass is 9.92. The van der Waals surface area contributed by atoms with E-state index in [1.165, 1.54) is 0 Å². The van der Waals surface area contributed by atoms with Gasteiger partial charge in [-0.25, -0.2) is 0 Å². The SMILES string of the molecule is CC(=O)N1CCC(C(=O)N2CCCCC2CO)CC1. The van der Waals surface area contributed by atoms with E-state index in [2.05, 4.69) is 0 Å². The summed E-state index contributed by atoms with van der Waals surface area (Å²) in [6.07, 6.45) is 4.56. The Morgan fingerprint density at radius 3 is 2.37 bits per heavy atom. The van der Waals surface area contributed by atoms with Gasteiger partial charge in [-0.05, 0) is 32.1 Å². The minimum Gasteiger partial charge on any atom is -0.394 e. The predicted molar refractivity (Wildman–Crippen MR) is 71.4 cm³/mol. The molecule has 0 radical (unpaired) electrons. The quantitative estimate of drug-likeness (QED) is 0.798. The minimum absolute atomic E-state index is 0.00656. The molecule has 2 saturated heterocycles. The summed E-state index contributed by atoms with van der Waals surface area (Å²) in [7, 11) is 0. The van der Waals surface area contributed by atoms with Crippen molar-refractivity contribution in [3.63, 3.8) is 0 Å². The first kappa shape index (κ1) is 14.3. The van der Waals surface area contributed by atoms with Gasteiger partial charge in [-0.2, -0.15) is 0 Å². The Balaban J connectivity index is 1.91. The van der Waals surface area contributed by atoms with Gasteiger partial charge in [0.15, 0.2) is 0 Å². The smallest absolute Gasteiger partial charge is 0.226 e. The Bertz CT molecular complexity index is 338. The highest BCUT2D eigenvalue weighted by Crippen LogP contribution is 2.24. The van der Waals surface area contributed by atoms with Crippen molar-refractivity contribution in [2.45, 2.75) is 45.1 Å². The summed E-state index contributed by atoms with van der Waals surface area (Å²) in [4.78, 5) is 27.5. The van der Waals surface area contributed by atoms with Crippen LogP contribution >= 0.6 is 0 Å². The molecule has 2 aliphatic rings. The monoisotopic (exact) mass is 268 g/mol. The number of amides is 2. The van der Waals surface area contributed by atoms with E-state index < -0.39 is 0 Å². The molecule has 0 aromatic heterocycles. The van der Waals surface area contributed by atoms with Crippen molar-refractivity contribution < 1.29 is 14.7 Å². The van der Waals surface area contributed by atoms with Crippen molar-refractivity contribution in [2.75, 3.05) is 26.2 Å². The topological polar surface area (TPSA) is 60.9 Å². The molecule has 0 aromatic rings. The molecule has 2 fully saturated rings. The second kappa shape index (κ2) is 6.37. The maximum absolute atomic E-state index is 12.5. The highest BCUT2D eigenvalue weighted by atomic mass is 16.3. The number of carbonyl (C=O) groups is 2. The van der Waals surface area contributed by atoms with Gasteiger partial charge >= 0.3 is 0 Å². The van der Waals surface area contributed by atoms with E-state index in [1.54, 1.807) is 6.92 Å². The first-order valence-electron chi connectivity index (χ1n) is 7.30. The first-order chi connectivity index (χ1) is 9.13. The molecule has 0 aliphatic carbocycles. The molecule has 2 heterocycles. The second-order valence-electron chi connectivity index (χ2n) is 5.64. The van der Waals surface area contributed by atoms with Gasteiger partial charge in [-0.1, -0.05) is 0 Å². The Morgan fingerprint density at radius 1 is 1.11 bits per heavy atom. The minimum atomic E-state index is 0.00656. The molecule has 0 saturated carbocycles. The van der Waals surface area contributed by atoms with Gasteiger partial charge in [0.2, 0.25) is 11.8 Å². The third-order valence-electron chi connectivity index (χ3n) is 4.41. The number of hydrogen-bond donors (Lipinski definition) is 1. The maximum atomic E-state index is 12.5. The summed E-state index contributed by atoms with van der Waals surface area (Å²) >= 11 is 0. The molecule has 0 spiro atoms. The van der Waals surface area contributed by atoms with Gasteiger partial charge in [-0.15, -0.1) is 0 Å². The van der Waals surface area contributed by atoms with E-state index in [-0.39, 0.29) is 30.4 Å². The molecule has 19 heavy (non-hydrogen) atoms. The van der Waals surface area contributed by atoms with Crippen molar-refractivity contribution >= 4 is 11.8 Å². The summed E-state index contributed by atoms with van der Waals surface area (Å²) in [5.41, 5.74) is 0. The third kappa shape index (κ3) is 3.26. The number of carbonyl (C=O) groups excluding carboxylic acids is 2. The van der Waals surface area contributed by atoms with Crippen molar-refractivity contribution in [1.82, 2.24) is 9.80 Å². The number of nitrogens with zero attached hydrogens (tertiary/aromatic N) is 2. The van der Waals surface area contributed by atoms with E-state index >= 15 is 0 Å². The molecule has 2 amide bonds. The van der Waals surface area contributed by atoms with Crippen LogP contribution in [-0.2, 0) is 9.59 Å². The fourth-order valence-corrected chi connectivity index (χ4v) is 3.16. The number of likely N-dealkylation sites (tertiary alicyclic amines) is 2. The molecule has 0 bridgehead atoms. The lowest BCUT2D eigenvalue weighted by molar-refractivity contribution is -0.144. The zero-order valence-corrected chi connectivity index (χ0v) is 11.7. The third-order valence-corrected chi connectivity index (χ3v) is 4.41. The molecule has 1 N–H and O–H groups in total. The van der Waals surface area contributed by atoms with Crippen molar-refractivity contribution in [3.8, 4) is 0 Å². The van der Waals surface area contributed by atoms with Crippen LogP contribution in [0.15, 0.2) is 0 Å². The molecule has 2 aliphatic heterocycles. The number of aliphatic hydroxyl groups excluding tert-OH is 1. The predicted octanol–water partition coefficient (Wildman–Crippen LogP) is 0.618. The van der Waals surface area contributed by atoms with Crippen LogP contribution in [0.3, 0.4) is 0 Å². The van der Waals surface area contributed by atoms with Crippen LogP contribution in [0.1, 0.15) is 39.0 Å². The molecule has 5 nitrogen and oxygen atoms in total. The van der Waals surface area contributed by atoms with Gasteiger partial charge in [-0.3, -0.25) is 9.59 Å². The highest BCUT2D eigenvalue weighted by Gasteiger charge is 2.33. The van der Waals surface area contributed by atoms with Crippen molar-refractivity contribution in [3.05, 3.63) is 0 Å². The number of piperidine rings is 2. The number of aliphatic hydroxyl groups is 1. The van der Waals surface area contributed by atoms with Crippen LogP contribution in [0.5, 0.6) is 0 Å². The van der Waals surface area contributed by atoms with E-state index in [4.69, 9.17) is 0 Å². The van der Waals surface area contributed by atoms with Crippen LogP contribution < -0.4 is 0 Å². The van der Waals surface area contributed by atoms with Crippen LogP contribution in [0.2, 0.25) is 0 Å². The summed E-state index contributed by atoms with van der Waals surface area (Å²) in [5.74, 6) is 0.307. The normalized spacial score (nSPS) is 25.5. The summed E-state index contributed by atoms with van der Waals surface area (Å²) < 4.78 is 0. The standard InChI is InChI=1S/C14H24N2O3/c1-11(18)15-8-5-12(6-9-15)14(19)16-7-3-2-4-13(16)10-17/h12-13,17H,2-10H2,1H3. The van der Waals surface area contributed by atoms with Crippen LogP contribution in [0.25, 0.3) is 0 Å². The van der Waals surface area contributed by atoms with Crippen LogP contribution in [0, 0.1) is 5.92 Å². The van der Waals surface area contributed by atoms with Gasteiger partial charge in [0, 0.05) is 32.5 Å². The van der Waals surface area contributed by atoms with Gasteiger partial charge in [0.05, 0.1) is 12.6 Å².